The lowest BCUT2D eigenvalue weighted by atomic mass is 9.59. The van der Waals surface area contributed by atoms with Gasteiger partial charge in [-0.3, -0.25) is 0 Å². The lowest BCUT2D eigenvalue weighted by molar-refractivity contribution is 0.161. The van der Waals surface area contributed by atoms with Crippen LogP contribution in [0.2, 0.25) is 0 Å². The topological polar surface area (TPSA) is 12.0 Å². The SMILES string of the molecule is CNCCCC1(C2=Cc3ccccc3CC2)CCC1. The number of fused-ring (bicyclic) bond motifs is 1. The first-order valence-electron chi connectivity index (χ1n) is 7.78. The van der Waals surface area contributed by atoms with Crippen LogP contribution >= 0.6 is 0 Å². The predicted molar refractivity (Wildman–Crippen MR) is 82.2 cm³/mol. The molecule has 0 aromatic heterocycles. The van der Waals surface area contributed by atoms with E-state index in [9.17, 15) is 0 Å². The fourth-order valence-electron chi connectivity index (χ4n) is 3.79. The second-order valence-corrected chi connectivity index (χ2v) is 6.21. The Morgan fingerprint density at radius 2 is 2.00 bits per heavy atom. The molecule has 19 heavy (non-hydrogen) atoms. The molecule has 0 radical (unpaired) electrons. The number of rotatable bonds is 5. The molecular weight excluding hydrogens is 230 g/mol. The highest BCUT2D eigenvalue weighted by Crippen LogP contribution is 2.53. The highest BCUT2D eigenvalue weighted by Gasteiger charge is 2.39. The molecule has 0 saturated heterocycles. The molecule has 1 nitrogen and oxygen atoms in total. The molecule has 0 aliphatic heterocycles. The van der Waals surface area contributed by atoms with Gasteiger partial charge in [-0.15, -0.1) is 0 Å². The highest BCUT2D eigenvalue weighted by atomic mass is 14.8. The number of hydrogen-bond acceptors (Lipinski definition) is 1. The summed E-state index contributed by atoms with van der Waals surface area (Å²) in [6, 6.07) is 8.92. The van der Waals surface area contributed by atoms with Crippen LogP contribution in [0.3, 0.4) is 0 Å². The molecule has 0 atom stereocenters. The second-order valence-electron chi connectivity index (χ2n) is 6.21. The monoisotopic (exact) mass is 255 g/mol. The van der Waals surface area contributed by atoms with Gasteiger partial charge in [-0.05, 0) is 68.7 Å². The summed E-state index contributed by atoms with van der Waals surface area (Å²) in [5.41, 5.74) is 5.32. The van der Waals surface area contributed by atoms with E-state index >= 15 is 0 Å². The second kappa shape index (κ2) is 5.50. The fourth-order valence-corrected chi connectivity index (χ4v) is 3.79. The first-order chi connectivity index (χ1) is 9.34. The third-order valence-corrected chi connectivity index (χ3v) is 5.12. The van der Waals surface area contributed by atoms with Crippen LogP contribution < -0.4 is 5.32 Å². The van der Waals surface area contributed by atoms with E-state index < -0.39 is 0 Å². The molecule has 102 valence electrons. The van der Waals surface area contributed by atoms with E-state index in [0.717, 1.165) is 6.54 Å². The van der Waals surface area contributed by atoms with E-state index in [-0.39, 0.29) is 0 Å². The minimum Gasteiger partial charge on any atom is -0.320 e. The van der Waals surface area contributed by atoms with Crippen molar-refractivity contribution in [3.63, 3.8) is 0 Å². The van der Waals surface area contributed by atoms with E-state index in [2.05, 4.69) is 42.7 Å². The van der Waals surface area contributed by atoms with Crippen molar-refractivity contribution in [2.45, 2.75) is 44.9 Å². The van der Waals surface area contributed by atoms with Gasteiger partial charge in [0.1, 0.15) is 0 Å². The van der Waals surface area contributed by atoms with Crippen LogP contribution in [-0.4, -0.2) is 13.6 Å². The maximum absolute atomic E-state index is 3.29. The van der Waals surface area contributed by atoms with E-state index in [1.807, 2.05) is 0 Å². The van der Waals surface area contributed by atoms with Crippen molar-refractivity contribution in [1.82, 2.24) is 5.32 Å². The fraction of sp³-hybridized carbons (Fsp3) is 0.556. The molecule has 1 fully saturated rings. The van der Waals surface area contributed by atoms with E-state index in [1.165, 1.54) is 56.1 Å². The zero-order valence-electron chi connectivity index (χ0n) is 12.0. The molecule has 1 heteroatoms. The third kappa shape index (κ3) is 2.49. The van der Waals surface area contributed by atoms with Gasteiger partial charge in [0, 0.05) is 0 Å². The van der Waals surface area contributed by atoms with Crippen molar-refractivity contribution in [3.05, 3.63) is 41.0 Å². The average molecular weight is 255 g/mol. The number of nitrogens with one attached hydrogen (secondary N) is 1. The summed E-state index contributed by atoms with van der Waals surface area (Å²) in [6.07, 6.45) is 12.0. The van der Waals surface area contributed by atoms with Crippen molar-refractivity contribution in [1.29, 1.82) is 0 Å². The molecule has 2 aliphatic rings. The molecule has 0 spiro atoms. The minimum absolute atomic E-state index is 0.560. The first kappa shape index (κ1) is 12.9. The van der Waals surface area contributed by atoms with E-state index in [4.69, 9.17) is 0 Å². The first-order valence-corrected chi connectivity index (χ1v) is 7.78. The summed E-state index contributed by atoms with van der Waals surface area (Å²) >= 11 is 0. The Balaban J connectivity index is 1.79. The Morgan fingerprint density at radius 3 is 2.74 bits per heavy atom. The van der Waals surface area contributed by atoms with Crippen LogP contribution in [0.4, 0.5) is 0 Å². The number of aryl methyl sites for hydroxylation is 1. The quantitative estimate of drug-likeness (QED) is 0.778. The highest BCUT2D eigenvalue weighted by molar-refractivity contribution is 5.61. The van der Waals surface area contributed by atoms with Gasteiger partial charge < -0.3 is 5.32 Å². The summed E-state index contributed by atoms with van der Waals surface area (Å²) in [7, 11) is 2.06. The van der Waals surface area contributed by atoms with Gasteiger partial charge in [0.05, 0.1) is 0 Å². The van der Waals surface area contributed by atoms with Crippen LogP contribution in [0.15, 0.2) is 29.8 Å². The zero-order valence-corrected chi connectivity index (χ0v) is 12.0. The summed E-state index contributed by atoms with van der Waals surface area (Å²) < 4.78 is 0. The van der Waals surface area contributed by atoms with Crippen molar-refractivity contribution >= 4 is 6.08 Å². The summed E-state index contributed by atoms with van der Waals surface area (Å²) in [4.78, 5) is 0. The predicted octanol–water partition coefficient (Wildman–Crippen LogP) is 4.19. The summed E-state index contributed by atoms with van der Waals surface area (Å²) in [5.74, 6) is 0. The number of hydrogen-bond donors (Lipinski definition) is 1. The molecule has 3 rings (SSSR count). The van der Waals surface area contributed by atoms with Gasteiger partial charge in [0.2, 0.25) is 0 Å². The van der Waals surface area contributed by atoms with Crippen LogP contribution in [0, 0.1) is 5.41 Å². The van der Waals surface area contributed by atoms with Crippen molar-refractivity contribution in [2.75, 3.05) is 13.6 Å². The molecule has 1 saturated carbocycles. The normalized spacial score (nSPS) is 20.4. The summed E-state index contributed by atoms with van der Waals surface area (Å²) in [6.45, 7) is 1.16. The van der Waals surface area contributed by atoms with Crippen molar-refractivity contribution in [3.8, 4) is 0 Å². The van der Waals surface area contributed by atoms with Gasteiger partial charge in [0.25, 0.3) is 0 Å². The van der Waals surface area contributed by atoms with Gasteiger partial charge in [0.15, 0.2) is 0 Å². The van der Waals surface area contributed by atoms with Gasteiger partial charge in [-0.1, -0.05) is 42.3 Å². The van der Waals surface area contributed by atoms with Gasteiger partial charge in [-0.2, -0.15) is 0 Å². The molecule has 2 aliphatic carbocycles. The van der Waals surface area contributed by atoms with Crippen molar-refractivity contribution in [2.24, 2.45) is 5.41 Å². The maximum Gasteiger partial charge on any atom is -0.00516 e. The Hall–Kier alpha value is -1.08. The lowest BCUT2D eigenvalue weighted by Crippen LogP contribution is -2.33. The maximum atomic E-state index is 3.29. The van der Waals surface area contributed by atoms with Crippen LogP contribution in [0.25, 0.3) is 6.08 Å². The Kier molecular flexibility index (Phi) is 3.74. The van der Waals surface area contributed by atoms with Crippen LogP contribution in [0.1, 0.15) is 49.7 Å². The Bertz CT molecular complexity index is 468. The molecule has 0 heterocycles. The minimum atomic E-state index is 0.560. The van der Waals surface area contributed by atoms with Gasteiger partial charge in [-0.25, -0.2) is 0 Å². The number of allylic oxidation sites excluding steroid dienone is 1. The molecule has 0 unspecified atom stereocenters. The Labute approximate surface area is 117 Å². The molecule has 1 aromatic carbocycles. The standard InChI is InChI=1S/C18H25N/c1-19-13-5-12-18(10-4-11-18)17-9-8-15-6-2-3-7-16(15)14-17/h2-3,6-7,14,19H,4-5,8-13H2,1H3. The largest absolute Gasteiger partial charge is 0.320 e. The lowest BCUT2D eigenvalue weighted by Gasteiger charge is -2.45. The van der Waals surface area contributed by atoms with E-state index in [0.29, 0.717) is 5.41 Å². The van der Waals surface area contributed by atoms with Crippen molar-refractivity contribution < 1.29 is 0 Å². The summed E-state index contributed by atoms with van der Waals surface area (Å²) in [5, 5.41) is 3.29. The molecule has 1 aromatic rings. The average Bonchev–Trinajstić information content (AvgIpc) is 2.41. The Morgan fingerprint density at radius 1 is 1.16 bits per heavy atom. The molecule has 1 N–H and O–H groups in total. The molecular formula is C18H25N. The zero-order chi connectivity index (χ0) is 13.1. The molecule has 0 amide bonds. The smallest absolute Gasteiger partial charge is 0.00516 e. The molecule has 0 bridgehead atoms. The third-order valence-electron chi connectivity index (χ3n) is 5.12. The van der Waals surface area contributed by atoms with Crippen LogP contribution in [0.5, 0.6) is 0 Å². The van der Waals surface area contributed by atoms with Gasteiger partial charge >= 0.3 is 0 Å². The van der Waals surface area contributed by atoms with Crippen LogP contribution in [-0.2, 0) is 6.42 Å². The van der Waals surface area contributed by atoms with E-state index in [1.54, 1.807) is 5.57 Å². The number of benzene rings is 1.